The first-order valence-electron chi connectivity index (χ1n) is 7.13. The van der Waals surface area contributed by atoms with Crippen LogP contribution in [0.15, 0.2) is 12.4 Å². The van der Waals surface area contributed by atoms with Crippen molar-refractivity contribution in [1.82, 2.24) is 9.97 Å². The molecule has 1 atom stereocenters. The molecule has 0 spiro atoms. The maximum absolute atomic E-state index is 11.3. The fourth-order valence-electron chi connectivity index (χ4n) is 1.96. The number of hydrogen-bond acceptors (Lipinski definition) is 5. The number of aromatic nitrogens is 2. The molecule has 6 nitrogen and oxygen atoms in total. The summed E-state index contributed by atoms with van der Waals surface area (Å²) in [6, 6.07) is 1.68. The molecule has 0 aliphatic rings. The summed E-state index contributed by atoms with van der Waals surface area (Å²) in [7, 11) is 0. The molecule has 0 bridgehead atoms. The van der Waals surface area contributed by atoms with E-state index in [9.17, 15) is 9.90 Å². The summed E-state index contributed by atoms with van der Waals surface area (Å²) in [4.78, 5) is 19.4. The summed E-state index contributed by atoms with van der Waals surface area (Å²) in [5.74, 6) is -0.217. The third kappa shape index (κ3) is 6.92. The van der Waals surface area contributed by atoms with Crippen LogP contribution in [0, 0.1) is 11.3 Å². The Labute approximate surface area is 126 Å². The van der Waals surface area contributed by atoms with Crippen molar-refractivity contribution in [3.8, 4) is 5.88 Å². The summed E-state index contributed by atoms with van der Waals surface area (Å²) in [6.07, 6.45) is 2.02. The maximum atomic E-state index is 11.3. The number of nitrogens with one attached hydrogen (secondary N) is 1. The minimum atomic E-state index is -0.801. The Balaban J connectivity index is 2.65. The molecule has 0 radical (unpaired) electrons. The lowest BCUT2D eigenvalue weighted by molar-refractivity contribution is -0.142. The minimum absolute atomic E-state index is 0.0282. The molecule has 1 heterocycles. The van der Waals surface area contributed by atoms with E-state index in [-0.39, 0.29) is 11.5 Å². The second-order valence-electron chi connectivity index (χ2n) is 6.59. The molecule has 21 heavy (non-hydrogen) atoms. The van der Waals surface area contributed by atoms with Crippen LogP contribution in [0.1, 0.15) is 41.0 Å². The van der Waals surface area contributed by atoms with Gasteiger partial charge in [-0.1, -0.05) is 20.8 Å². The number of carboxylic acids is 1. The van der Waals surface area contributed by atoms with Gasteiger partial charge in [-0.05, 0) is 25.7 Å². The zero-order valence-corrected chi connectivity index (χ0v) is 13.4. The first kappa shape index (κ1) is 17.2. The van der Waals surface area contributed by atoms with Crippen LogP contribution < -0.4 is 10.1 Å². The van der Waals surface area contributed by atoms with Crippen molar-refractivity contribution in [2.45, 2.75) is 47.1 Å². The standard InChI is InChI=1S/C15H25N3O3/c1-10(2)21-13-6-12(17-9-18-13)16-8-11(14(19)20)7-15(3,4)5/h6,9-11H,7-8H2,1-5H3,(H,19,20)(H,16,17,18). The summed E-state index contributed by atoms with van der Waals surface area (Å²) >= 11 is 0. The monoisotopic (exact) mass is 295 g/mol. The van der Waals surface area contributed by atoms with Crippen LogP contribution in [-0.2, 0) is 4.79 Å². The molecule has 0 fully saturated rings. The maximum Gasteiger partial charge on any atom is 0.308 e. The van der Waals surface area contributed by atoms with E-state index in [2.05, 4.69) is 15.3 Å². The molecule has 118 valence electrons. The quantitative estimate of drug-likeness (QED) is 0.804. The Morgan fingerprint density at radius 3 is 2.57 bits per heavy atom. The average molecular weight is 295 g/mol. The largest absolute Gasteiger partial charge is 0.481 e. The highest BCUT2D eigenvalue weighted by Gasteiger charge is 2.24. The van der Waals surface area contributed by atoms with E-state index in [1.165, 1.54) is 6.33 Å². The van der Waals surface area contributed by atoms with Gasteiger partial charge in [0.15, 0.2) is 0 Å². The summed E-state index contributed by atoms with van der Waals surface area (Å²) in [6.45, 7) is 10.2. The number of hydrogen-bond donors (Lipinski definition) is 2. The van der Waals surface area contributed by atoms with Gasteiger partial charge in [-0.15, -0.1) is 0 Å². The molecule has 0 saturated heterocycles. The van der Waals surface area contributed by atoms with E-state index in [0.29, 0.717) is 24.7 Å². The lowest BCUT2D eigenvalue weighted by Gasteiger charge is -2.23. The zero-order chi connectivity index (χ0) is 16.0. The van der Waals surface area contributed by atoms with E-state index < -0.39 is 11.9 Å². The van der Waals surface area contributed by atoms with Crippen LogP contribution in [0.2, 0.25) is 0 Å². The Kier molecular flexibility index (Phi) is 5.93. The fraction of sp³-hybridized carbons (Fsp3) is 0.667. The first-order valence-corrected chi connectivity index (χ1v) is 7.13. The molecule has 0 aromatic carbocycles. The van der Waals surface area contributed by atoms with E-state index >= 15 is 0 Å². The summed E-state index contributed by atoms with van der Waals surface area (Å²) in [5.41, 5.74) is -0.0394. The van der Waals surface area contributed by atoms with Gasteiger partial charge in [0.25, 0.3) is 0 Å². The third-order valence-electron chi connectivity index (χ3n) is 2.74. The zero-order valence-electron chi connectivity index (χ0n) is 13.4. The lowest BCUT2D eigenvalue weighted by atomic mass is 9.84. The Morgan fingerprint density at radius 2 is 2.05 bits per heavy atom. The van der Waals surface area contributed by atoms with Crippen LogP contribution in [0.3, 0.4) is 0 Å². The Bertz CT molecular complexity index is 469. The van der Waals surface area contributed by atoms with Gasteiger partial charge in [0.1, 0.15) is 12.1 Å². The number of carbonyl (C=O) groups is 1. The molecule has 6 heteroatoms. The topological polar surface area (TPSA) is 84.3 Å². The second-order valence-corrected chi connectivity index (χ2v) is 6.59. The Hall–Kier alpha value is -1.85. The van der Waals surface area contributed by atoms with Gasteiger partial charge in [-0.25, -0.2) is 9.97 Å². The first-order chi connectivity index (χ1) is 9.67. The molecule has 2 N–H and O–H groups in total. The molecule has 1 rings (SSSR count). The van der Waals surface area contributed by atoms with Gasteiger partial charge in [0.2, 0.25) is 5.88 Å². The summed E-state index contributed by atoms with van der Waals surface area (Å²) in [5, 5.41) is 12.3. The lowest BCUT2D eigenvalue weighted by Crippen LogP contribution is -2.27. The number of nitrogens with zero attached hydrogens (tertiary/aromatic N) is 2. The van der Waals surface area contributed by atoms with E-state index in [4.69, 9.17) is 4.74 Å². The molecule has 0 aliphatic heterocycles. The fourth-order valence-corrected chi connectivity index (χ4v) is 1.96. The number of aliphatic carboxylic acids is 1. The van der Waals surface area contributed by atoms with Crippen molar-refractivity contribution in [2.75, 3.05) is 11.9 Å². The van der Waals surface area contributed by atoms with E-state index in [1.807, 2.05) is 34.6 Å². The molecule has 0 aliphatic carbocycles. The normalized spacial score (nSPS) is 13.0. The minimum Gasteiger partial charge on any atom is -0.481 e. The van der Waals surface area contributed by atoms with Gasteiger partial charge >= 0.3 is 5.97 Å². The molecule has 0 amide bonds. The highest BCUT2D eigenvalue weighted by Crippen LogP contribution is 2.25. The predicted molar refractivity (Wildman–Crippen MR) is 81.5 cm³/mol. The second kappa shape index (κ2) is 7.24. The van der Waals surface area contributed by atoms with Crippen LogP contribution >= 0.6 is 0 Å². The smallest absolute Gasteiger partial charge is 0.308 e. The number of carboxylic acid groups (broad SMARTS) is 1. The van der Waals surface area contributed by atoms with Crippen molar-refractivity contribution in [3.63, 3.8) is 0 Å². The van der Waals surface area contributed by atoms with Crippen molar-refractivity contribution in [2.24, 2.45) is 11.3 Å². The van der Waals surface area contributed by atoms with Crippen LogP contribution in [0.5, 0.6) is 5.88 Å². The van der Waals surface area contributed by atoms with Gasteiger partial charge in [0, 0.05) is 12.6 Å². The third-order valence-corrected chi connectivity index (χ3v) is 2.74. The number of anilines is 1. The molecular formula is C15H25N3O3. The predicted octanol–water partition coefficient (Wildman–Crippen LogP) is 2.81. The molecule has 0 saturated carbocycles. The Morgan fingerprint density at radius 1 is 1.38 bits per heavy atom. The summed E-state index contributed by atoms with van der Waals surface area (Å²) < 4.78 is 5.48. The van der Waals surface area contributed by atoms with Gasteiger partial charge < -0.3 is 15.2 Å². The SMILES string of the molecule is CC(C)Oc1cc(NCC(CC(C)(C)C)C(=O)O)ncn1. The average Bonchev–Trinajstić information content (AvgIpc) is 2.32. The molecule has 1 aromatic rings. The van der Waals surface area contributed by atoms with Crippen molar-refractivity contribution < 1.29 is 14.6 Å². The molecule has 1 aromatic heterocycles. The van der Waals surface area contributed by atoms with Crippen molar-refractivity contribution in [1.29, 1.82) is 0 Å². The van der Waals surface area contributed by atoms with Crippen LogP contribution in [0.4, 0.5) is 5.82 Å². The molecule has 1 unspecified atom stereocenters. The highest BCUT2D eigenvalue weighted by atomic mass is 16.5. The van der Waals surface area contributed by atoms with E-state index in [1.54, 1.807) is 6.07 Å². The van der Waals surface area contributed by atoms with Gasteiger partial charge in [0.05, 0.1) is 12.0 Å². The van der Waals surface area contributed by atoms with Crippen molar-refractivity contribution >= 4 is 11.8 Å². The molecular weight excluding hydrogens is 270 g/mol. The van der Waals surface area contributed by atoms with Crippen LogP contribution in [0.25, 0.3) is 0 Å². The van der Waals surface area contributed by atoms with Gasteiger partial charge in [-0.3, -0.25) is 4.79 Å². The van der Waals surface area contributed by atoms with E-state index in [0.717, 1.165) is 0 Å². The van der Waals surface area contributed by atoms with Crippen molar-refractivity contribution in [3.05, 3.63) is 12.4 Å². The highest BCUT2D eigenvalue weighted by molar-refractivity contribution is 5.70. The number of rotatable bonds is 7. The van der Waals surface area contributed by atoms with Gasteiger partial charge in [-0.2, -0.15) is 0 Å². The number of ether oxygens (including phenoxy) is 1. The van der Waals surface area contributed by atoms with Crippen LogP contribution in [-0.4, -0.2) is 33.7 Å².